The highest BCUT2D eigenvalue weighted by atomic mass is 32.2. The fraction of sp³-hybridized carbons (Fsp3) is 0.900. The molecule has 0 saturated carbocycles. The van der Waals surface area contributed by atoms with Crippen LogP contribution in [-0.2, 0) is 14.8 Å². The minimum absolute atomic E-state index is 0.00309. The van der Waals surface area contributed by atoms with Crippen molar-refractivity contribution in [1.82, 2.24) is 4.31 Å². The largest absolute Gasteiger partial charge is 0.388 e. The summed E-state index contributed by atoms with van der Waals surface area (Å²) in [4.78, 5) is 0. The third kappa shape index (κ3) is 4.25. The van der Waals surface area contributed by atoms with E-state index in [1.54, 1.807) is 6.92 Å². The molecular weight excluding hydrogens is 242 g/mol. The van der Waals surface area contributed by atoms with Gasteiger partial charge >= 0.3 is 0 Å². The summed E-state index contributed by atoms with van der Waals surface area (Å²) in [6.45, 7) is 2.39. The highest BCUT2D eigenvalue weighted by molar-refractivity contribution is 7.89. The van der Waals surface area contributed by atoms with Crippen LogP contribution in [0.25, 0.3) is 0 Å². The second-order valence-electron chi connectivity index (χ2n) is 4.51. The fourth-order valence-electron chi connectivity index (χ4n) is 1.85. The van der Waals surface area contributed by atoms with Gasteiger partial charge in [-0.2, -0.15) is 0 Å². The van der Waals surface area contributed by atoms with Crippen LogP contribution in [0.2, 0.25) is 0 Å². The van der Waals surface area contributed by atoms with Crippen LogP contribution in [0.1, 0.15) is 26.2 Å². The van der Waals surface area contributed by atoms with Gasteiger partial charge < -0.3 is 10.5 Å². The molecule has 1 saturated heterocycles. The second kappa shape index (κ2) is 5.79. The molecule has 100 valence electrons. The number of nitrogens with two attached hydrogens (primary N) is 1. The molecule has 7 heteroatoms. The zero-order chi connectivity index (χ0) is 13.1. The van der Waals surface area contributed by atoms with Gasteiger partial charge in [-0.25, -0.2) is 12.7 Å². The Balaban J connectivity index is 2.58. The Hall–Kier alpha value is -0.660. The maximum Gasteiger partial charge on any atom is 0.216 e. The van der Waals surface area contributed by atoms with E-state index in [0.717, 1.165) is 12.8 Å². The molecule has 1 heterocycles. The highest BCUT2D eigenvalue weighted by Gasteiger charge is 2.29. The lowest BCUT2D eigenvalue weighted by atomic mass is 10.2. The molecule has 0 aromatic rings. The summed E-state index contributed by atoms with van der Waals surface area (Å²) in [5, 5.41) is 7.18. The number of nitrogens with one attached hydrogen (secondary N) is 1. The van der Waals surface area contributed by atoms with E-state index in [4.69, 9.17) is 15.9 Å². The molecule has 1 rings (SSSR count). The number of amidine groups is 1. The fourth-order valence-corrected chi connectivity index (χ4v) is 3.44. The maximum atomic E-state index is 12.0. The first-order valence-electron chi connectivity index (χ1n) is 5.73. The van der Waals surface area contributed by atoms with Gasteiger partial charge in [-0.05, 0) is 19.8 Å². The lowest BCUT2D eigenvalue weighted by Crippen LogP contribution is -2.41. The first kappa shape index (κ1) is 14.4. The zero-order valence-corrected chi connectivity index (χ0v) is 11.2. The maximum absolute atomic E-state index is 12.0. The number of nitrogens with zero attached hydrogens (tertiary/aromatic N) is 1. The van der Waals surface area contributed by atoms with Crippen molar-refractivity contribution in [2.75, 3.05) is 19.4 Å². The zero-order valence-electron chi connectivity index (χ0n) is 10.3. The van der Waals surface area contributed by atoms with E-state index in [1.165, 1.54) is 11.4 Å². The van der Waals surface area contributed by atoms with Gasteiger partial charge in [0.25, 0.3) is 0 Å². The molecule has 0 radical (unpaired) electrons. The molecule has 0 spiro atoms. The lowest BCUT2D eigenvalue weighted by Gasteiger charge is -2.25. The molecule has 0 aliphatic carbocycles. The summed E-state index contributed by atoms with van der Waals surface area (Å²) >= 11 is 0. The molecule has 3 N–H and O–H groups in total. The molecule has 1 fully saturated rings. The van der Waals surface area contributed by atoms with E-state index in [1.807, 2.05) is 0 Å². The van der Waals surface area contributed by atoms with Crippen LogP contribution < -0.4 is 5.73 Å². The minimum Gasteiger partial charge on any atom is -0.388 e. The van der Waals surface area contributed by atoms with Gasteiger partial charge in [0, 0.05) is 26.1 Å². The molecule has 2 atom stereocenters. The third-order valence-corrected chi connectivity index (χ3v) is 5.03. The summed E-state index contributed by atoms with van der Waals surface area (Å²) in [6.07, 6.45) is 1.79. The van der Waals surface area contributed by atoms with Crippen LogP contribution in [-0.4, -0.2) is 50.1 Å². The molecule has 1 aliphatic heterocycles. The number of hydrogen-bond acceptors (Lipinski definition) is 4. The van der Waals surface area contributed by atoms with Crippen molar-refractivity contribution in [3.8, 4) is 0 Å². The van der Waals surface area contributed by atoms with E-state index in [2.05, 4.69) is 0 Å². The Morgan fingerprint density at radius 2 is 2.29 bits per heavy atom. The average Bonchev–Trinajstić information content (AvgIpc) is 2.67. The van der Waals surface area contributed by atoms with Crippen molar-refractivity contribution in [3.63, 3.8) is 0 Å². The lowest BCUT2D eigenvalue weighted by molar-refractivity contribution is 0.126. The molecule has 6 nitrogen and oxygen atoms in total. The van der Waals surface area contributed by atoms with Gasteiger partial charge in [-0.3, -0.25) is 5.41 Å². The van der Waals surface area contributed by atoms with E-state index >= 15 is 0 Å². The van der Waals surface area contributed by atoms with E-state index in [-0.39, 0.29) is 30.2 Å². The van der Waals surface area contributed by atoms with E-state index in [0.29, 0.717) is 6.61 Å². The van der Waals surface area contributed by atoms with Crippen molar-refractivity contribution in [2.24, 2.45) is 5.73 Å². The normalized spacial score (nSPS) is 22.9. The quantitative estimate of drug-likeness (QED) is 0.526. The SMILES string of the molecule is CC(CC(=N)N)N(C)S(=O)(=O)CC1CCCO1. The van der Waals surface area contributed by atoms with Crippen LogP contribution in [0, 0.1) is 5.41 Å². The summed E-state index contributed by atoms with van der Waals surface area (Å²) < 4.78 is 30.7. The van der Waals surface area contributed by atoms with Crippen LogP contribution in [0.4, 0.5) is 0 Å². The molecule has 2 unspecified atom stereocenters. The Morgan fingerprint density at radius 1 is 1.65 bits per heavy atom. The topological polar surface area (TPSA) is 96.5 Å². The third-order valence-electron chi connectivity index (χ3n) is 3.00. The Morgan fingerprint density at radius 3 is 2.76 bits per heavy atom. The van der Waals surface area contributed by atoms with E-state index < -0.39 is 10.0 Å². The van der Waals surface area contributed by atoms with Gasteiger partial charge in [0.1, 0.15) is 0 Å². The Kier molecular flexibility index (Phi) is 4.91. The van der Waals surface area contributed by atoms with Crippen LogP contribution in [0.3, 0.4) is 0 Å². The summed E-state index contributed by atoms with van der Waals surface area (Å²) in [6, 6.07) is -0.293. The van der Waals surface area contributed by atoms with Gasteiger partial charge in [0.15, 0.2) is 0 Å². The standard InChI is InChI=1S/C10H21N3O3S/c1-8(6-10(11)12)13(2)17(14,15)7-9-4-3-5-16-9/h8-9H,3-7H2,1-2H3,(H3,11,12). The van der Waals surface area contributed by atoms with Crippen LogP contribution in [0.5, 0.6) is 0 Å². The number of hydrogen-bond donors (Lipinski definition) is 2. The average molecular weight is 263 g/mol. The Labute approximate surface area is 103 Å². The molecule has 1 aliphatic rings. The molecule has 0 bridgehead atoms. The van der Waals surface area contributed by atoms with Crippen molar-refractivity contribution in [2.45, 2.75) is 38.3 Å². The van der Waals surface area contributed by atoms with Gasteiger partial charge in [0.05, 0.1) is 17.7 Å². The van der Waals surface area contributed by atoms with Crippen LogP contribution >= 0.6 is 0 Å². The molecular formula is C10H21N3O3S. The number of ether oxygens (including phenoxy) is 1. The van der Waals surface area contributed by atoms with Gasteiger partial charge in [-0.15, -0.1) is 0 Å². The van der Waals surface area contributed by atoms with Crippen molar-refractivity contribution < 1.29 is 13.2 Å². The van der Waals surface area contributed by atoms with E-state index in [9.17, 15) is 8.42 Å². The molecule has 0 aromatic carbocycles. The molecule has 0 amide bonds. The highest BCUT2D eigenvalue weighted by Crippen LogP contribution is 2.17. The first-order chi connectivity index (χ1) is 7.83. The number of sulfonamides is 1. The van der Waals surface area contributed by atoms with Crippen LogP contribution in [0.15, 0.2) is 0 Å². The summed E-state index contributed by atoms with van der Waals surface area (Å²) in [5.74, 6) is 0.0165. The van der Waals surface area contributed by atoms with Crippen molar-refractivity contribution >= 4 is 15.9 Å². The second-order valence-corrected chi connectivity index (χ2v) is 6.58. The number of rotatable bonds is 6. The predicted octanol–water partition coefficient (Wildman–Crippen LogP) is 0.142. The van der Waals surface area contributed by atoms with Gasteiger partial charge in [0.2, 0.25) is 10.0 Å². The predicted molar refractivity (Wildman–Crippen MR) is 66.5 cm³/mol. The summed E-state index contributed by atoms with van der Waals surface area (Å²) in [7, 11) is -1.81. The van der Waals surface area contributed by atoms with Gasteiger partial charge in [-0.1, -0.05) is 0 Å². The molecule has 17 heavy (non-hydrogen) atoms. The molecule has 0 aromatic heterocycles. The Bertz CT molecular complexity index is 363. The monoisotopic (exact) mass is 263 g/mol. The smallest absolute Gasteiger partial charge is 0.216 e. The minimum atomic E-state index is -3.33. The van der Waals surface area contributed by atoms with Crippen molar-refractivity contribution in [3.05, 3.63) is 0 Å². The summed E-state index contributed by atoms with van der Waals surface area (Å²) in [5.41, 5.74) is 5.28. The first-order valence-corrected chi connectivity index (χ1v) is 7.34. The van der Waals surface area contributed by atoms with Crippen molar-refractivity contribution in [1.29, 1.82) is 5.41 Å².